The maximum atomic E-state index is 11.8. The monoisotopic (exact) mass is 337 g/mol. The minimum absolute atomic E-state index is 0.116. The molecule has 1 aromatic carbocycles. The molecule has 3 rings (SSSR count). The van der Waals surface area contributed by atoms with E-state index >= 15 is 0 Å². The highest BCUT2D eigenvalue weighted by molar-refractivity contribution is 5.29. The van der Waals surface area contributed by atoms with Crippen LogP contribution in [-0.2, 0) is 13.2 Å². The largest absolute Gasteiger partial charge is 0.487 e. The van der Waals surface area contributed by atoms with Gasteiger partial charge in [-0.3, -0.25) is 19.9 Å². The first-order chi connectivity index (χ1) is 12.1. The van der Waals surface area contributed by atoms with Crippen molar-refractivity contribution in [2.75, 3.05) is 0 Å². The van der Waals surface area contributed by atoms with Crippen LogP contribution >= 0.6 is 0 Å². The normalized spacial score (nSPS) is 10.4. The molecule has 0 saturated heterocycles. The van der Waals surface area contributed by atoms with Gasteiger partial charge in [0.25, 0.3) is 11.2 Å². The SMILES string of the molecule is O=c1ccc([N+](=O)[O-])cn1Cc1ccc(OCc2ccccn2)cc1. The molecule has 0 unspecified atom stereocenters. The second-order valence-electron chi connectivity index (χ2n) is 5.36. The van der Waals surface area contributed by atoms with Gasteiger partial charge in [-0.05, 0) is 29.8 Å². The van der Waals surface area contributed by atoms with Gasteiger partial charge < -0.3 is 9.30 Å². The summed E-state index contributed by atoms with van der Waals surface area (Å²) >= 11 is 0. The van der Waals surface area contributed by atoms with E-state index in [1.54, 1.807) is 18.3 Å². The Morgan fingerprint density at radius 3 is 2.56 bits per heavy atom. The summed E-state index contributed by atoms with van der Waals surface area (Å²) in [5, 5.41) is 10.8. The molecule has 25 heavy (non-hydrogen) atoms. The molecule has 0 aliphatic rings. The highest BCUT2D eigenvalue weighted by Gasteiger charge is 2.08. The quantitative estimate of drug-likeness (QED) is 0.510. The number of pyridine rings is 2. The molecule has 3 aromatic rings. The van der Waals surface area contributed by atoms with Crippen molar-refractivity contribution in [3.8, 4) is 5.75 Å². The van der Waals surface area contributed by atoms with E-state index in [-0.39, 0.29) is 17.8 Å². The summed E-state index contributed by atoms with van der Waals surface area (Å²) in [6.45, 7) is 0.617. The van der Waals surface area contributed by atoms with Crippen LogP contribution in [0.5, 0.6) is 5.75 Å². The molecule has 0 aliphatic heterocycles. The molecule has 0 radical (unpaired) electrons. The molecule has 0 saturated carbocycles. The van der Waals surface area contributed by atoms with Gasteiger partial charge >= 0.3 is 0 Å². The molecule has 0 bridgehead atoms. The van der Waals surface area contributed by atoms with E-state index in [9.17, 15) is 14.9 Å². The zero-order chi connectivity index (χ0) is 17.6. The van der Waals surface area contributed by atoms with Crippen molar-refractivity contribution in [2.45, 2.75) is 13.2 Å². The number of hydrogen-bond acceptors (Lipinski definition) is 5. The van der Waals surface area contributed by atoms with Crippen LogP contribution in [0.1, 0.15) is 11.3 Å². The molecule has 0 aliphatic carbocycles. The molecule has 2 heterocycles. The molecule has 7 nitrogen and oxygen atoms in total. The Bertz CT molecular complexity index is 921. The fourth-order valence-corrected chi connectivity index (χ4v) is 2.28. The average Bonchev–Trinajstić information content (AvgIpc) is 2.63. The molecule has 0 spiro atoms. The first kappa shape index (κ1) is 16.4. The Morgan fingerprint density at radius 2 is 1.88 bits per heavy atom. The summed E-state index contributed by atoms with van der Waals surface area (Å²) in [5.74, 6) is 0.681. The Kier molecular flexibility index (Phi) is 4.84. The fraction of sp³-hybridized carbons (Fsp3) is 0.111. The van der Waals surface area contributed by atoms with E-state index in [1.807, 2.05) is 30.3 Å². The van der Waals surface area contributed by atoms with Crippen LogP contribution in [0.15, 0.2) is 71.8 Å². The topological polar surface area (TPSA) is 87.3 Å². The van der Waals surface area contributed by atoms with Crippen molar-refractivity contribution in [2.24, 2.45) is 0 Å². The molecule has 0 fully saturated rings. The third kappa shape index (κ3) is 4.29. The van der Waals surface area contributed by atoms with E-state index in [0.717, 1.165) is 11.3 Å². The number of nitro groups is 1. The average molecular weight is 337 g/mol. The predicted molar refractivity (Wildman–Crippen MR) is 91.5 cm³/mol. The third-order valence-electron chi connectivity index (χ3n) is 3.57. The van der Waals surface area contributed by atoms with Gasteiger partial charge in [-0.25, -0.2) is 0 Å². The molecule has 7 heteroatoms. The van der Waals surface area contributed by atoms with Crippen molar-refractivity contribution in [3.63, 3.8) is 0 Å². The summed E-state index contributed by atoms with van der Waals surface area (Å²) in [6.07, 6.45) is 2.95. The van der Waals surface area contributed by atoms with Crippen molar-refractivity contribution in [1.82, 2.24) is 9.55 Å². The lowest BCUT2D eigenvalue weighted by Gasteiger charge is -2.08. The van der Waals surface area contributed by atoms with Gasteiger partial charge in [0, 0.05) is 18.3 Å². The maximum absolute atomic E-state index is 11.8. The Hall–Kier alpha value is -3.48. The first-order valence-electron chi connectivity index (χ1n) is 7.58. The predicted octanol–water partition coefficient (Wildman–Crippen LogP) is 2.78. The third-order valence-corrected chi connectivity index (χ3v) is 3.57. The first-order valence-corrected chi connectivity index (χ1v) is 7.58. The fourth-order valence-electron chi connectivity index (χ4n) is 2.28. The maximum Gasteiger partial charge on any atom is 0.285 e. The zero-order valence-corrected chi connectivity index (χ0v) is 13.2. The number of hydrogen-bond donors (Lipinski definition) is 0. The summed E-state index contributed by atoms with van der Waals surface area (Å²) in [6, 6.07) is 15.2. The summed E-state index contributed by atoms with van der Waals surface area (Å²) in [7, 11) is 0. The minimum Gasteiger partial charge on any atom is -0.487 e. The van der Waals surface area contributed by atoms with Crippen LogP contribution in [0.2, 0.25) is 0 Å². The Morgan fingerprint density at radius 1 is 1.08 bits per heavy atom. The lowest BCUT2D eigenvalue weighted by atomic mass is 10.2. The zero-order valence-electron chi connectivity index (χ0n) is 13.2. The molecule has 0 amide bonds. The van der Waals surface area contributed by atoms with Crippen LogP contribution in [0.3, 0.4) is 0 Å². The van der Waals surface area contributed by atoms with Crippen molar-refractivity contribution >= 4 is 5.69 Å². The van der Waals surface area contributed by atoms with Crippen LogP contribution in [0.25, 0.3) is 0 Å². The number of nitrogens with zero attached hydrogens (tertiary/aromatic N) is 3. The van der Waals surface area contributed by atoms with Crippen LogP contribution < -0.4 is 10.3 Å². The van der Waals surface area contributed by atoms with Gasteiger partial charge in [-0.2, -0.15) is 0 Å². The number of ether oxygens (including phenoxy) is 1. The van der Waals surface area contributed by atoms with E-state index < -0.39 is 4.92 Å². The molecular formula is C18H15N3O4. The van der Waals surface area contributed by atoms with E-state index in [2.05, 4.69) is 4.98 Å². The Balaban J connectivity index is 1.68. The van der Waals surface area contributed by atoms with Crippen molar-refractivity contribution in [3.05, 3.63) is 98.7 Å². The highest BCUT2D eigenvalue weighted by atomic mass is 16.6. The van der Waals surface area contributed by atoms with E-state index in [4.69, 9.17) is 4.74 Å². The van der Waals surface area contributed by atoms with Crippen LogP contribution in [-0.4, -0.2) is 14.5 Å². The lowest BCUT2D eigenvalue weighted by Crippen LogP contribution is -2.19. The van der Waals surface area contributed by atoms with Gasteiger partial charge in [-0.15, -0.1) is 0 Å². The molecule has 0 atom stereocenters. The molecule has 2 aromatic heterocycles. The minimum atomic E-state index is -0.523. The van der Waals surface area contributed by atoms with E-state index in [0.29, 0.717) is 12.4 Å². The number of benzene rings is 1. The summed E-state index contributed by atoms with van der Waals surface area (Å²) in [5.41, 5.74) is 1.26. The van der Waals surface area contributed by atoms with Gasteiger partial charge in [0.05, 0.1) is 23.4 Å². The standard InChI is InChI=1S/C18H15N3O4/c22-18-9-6-16(21(23)24)12-20(18)11-14-4-7-17(8-5-14)25-13-15-3-1-2-10-19-15/h1-10,12H,11,13H2. The number of aromatic nitrogens is 2. The summed E-state index contributed by atoms with van der Waals surface area (Å²) < 4.78 is 6.96. The molecule has 126 valence electrons. The second kappa shape index (κ2) is 7.39. The van der Waals surface area contributed by atoms with E-state index in [1.165, 1.54) is 22.9 Å². The van der Waals surface area contributed by atoms with Gasteiger partial charge in [0.15, 0.2) is 0 Å². The van der Waals surface area contributed by atoms with Gasteiger partial charge in [0.2, 0.25) is 0 Å². The van der Waals surface area contributed by atoms with Crippen molar-refractivity contribution < 1.29 is 9.66 Å². The van der Waals surface area contributed by atoms with Gasteiger partial charge in [-0.1, -0.05) is 18.2 Å². The lowest BCUT2D eigenvalue weighted by molar-refractivity contribution is -0.385. The highest BCUT2D eigenvalue weighted by Crippen LogP contribution is 2.15. The Labute approximate surface area is 143 Å². The smallest absolute Gasteiger partial charge is 0.285 e. The van der Waals surface area contributed by atoms with Crippen LogP contribution in [0.4, 0.5) is 5.69 Å². The van der Waals surface area contributed by atoms with Crippen molar-refractivity contribution in [1.29, 1.82) is 0 Å². The summed E-state index contributed by atoms with van der Waals surface area (Å²) in [4.78, 5) is 26.3. The van der Waals surface area contributed by atoms with Gasteiger partial charge in [0.1, 0.15) is 12.4 Å². The van der Waals surface area contributed by atoms with Crippen LogP contribution in [0, 0.1) is 10.1 Å². The number of rotatable bonds is 6. The second-order valence-corrected chi connectivity index (χ2v) is 5.36. The molecule has 0 N–H and O–H groups in total. The molecular weight excluding hydrogens is 322 g/mol.